The van der Waals surface area contributed by atoms with Gasteiger partial charge in [0.05, 0.1) is 11.9 Å². The molecule has 4 nitrogen and oxygen atoms in total. The standard InChI is InChI=1S/C20H32N4/c1-6-17-7-9-24(10-8-17)15(2)11-18(13-21-4)20-12-19(22-5)14-23-16(20)3/h11-14,17,21-22H,6-10H2,1-5H3/b15-11+,18-13+. The predicted molar refractivity (Wildman–Crippen MR) is 104 cm³/mol. The van der Waals surface area contributed by atoms with E-state index < -0.39 is 0 Å². The summed E-state index contributed by atoms with van der Waals surface area (Å²) >= 11 is 0. The van der Waals surface area contributed by atoms with Crippen LogP contribution in [0.2, 0.25) is 0 Å². The molecule has 0 aliphatic carbocycles. The number of pyridine rings is 1. The molecule has 2 N–H and O–H groups in total. The van der Waals surface area contributed by atoms with Crippen LogP contribution in [0.1, 0.15) is 44.4 Å². The minimum absolute atomic E-state index is 0.903. The minimum Gasteiger partial charge on any atom is -0.393 e. The summed E-state index contributed by atoms with van der Waals surface area (Å²) in [5.41, 5.74) is 5.76. The van der Waals surface area contributed by atoms with E-state index in [1.807, 2.05) is 20.3 Å². The van der Waals surface area contributed by atoms with Gasteiger partial charge in [-0.3, -0.25) is 4.98 Å². The molecule has 0 aromatic carbocycles. The highest BCUT2D eigenvalue weighted by atomic mass is 15.1. The summed E-state index contributed by atoms with van der Waals surface area (Å²) in [5.74, 6) is 0.903. The van der Waals surface area contributed by atoms with Crippen molar-refractivity contribution in [1.29, 1.82) is 0 Å². The lowest BCUT2D eigenvalue weighted by atomic mass is 9.94. The molecular weight excluding hydrogens is 296 g/mol. The van der Waals surface area contributed by atoms with Crippen molar-refractivity contribution in [2.24, 2.45) is 5.92 Å². The quantitative estimate of drug-likeness (QED) is 0.774. The third-order valence-corrected chi connectivity index (χ3v) is 5.04. The van der Waals surface area contributed by atoms with Crippen LogP contribution < -0.4 is 10.6 Å². The Morgan fingerprint density at radius 1 is 1.33 bits per heavy atom. The molecular formula is C20H32N4. The molecule has 24 heavy (non-hydrogen) atoms. The lowest BCUT2D eigenvalue weighted by molar-refractivity contribution is 0.223. The number of likely N-dealkylation sites (tertiary alicyclic amines) is 1. The zero-order chi connectivity index (χ0) is 17.5. The van der Waals surface area contributed by atoms with E-state index in [0.717, 1.165) is 17.3 Å². The van der Waals surface area contributed by atoms with Gasteiger partial charge in [-0.15, -0.1) is 0 Å². The van der Waals surface area contributed by atoms with Gasteiger partial charge in [-0.05, 0) is 44.7 Å². The number of nitrogens with zero attached hydrogens (tertiary/aromatic N) is 2. The second kappa shape index (κ2) is 8.76. The first-order valence-corrected chi connectivity index (χ1v) is 9.04. The molecule has 0 saturated carbocycles. The molecule has 0 spiro atoms. The molecule has 1 fully saturated rings. The average Bonchev–Trinajstić information content (AvgIpc) is 2.62. The van der Waals surface area contributed by atoms with Gasteiger partial charge in [0.15, 0.2) is 0 Å². The third-order valence-electron chi connectivity index (χ3n) is 5.04. The molecule has 132 valence electrons. The number of piperidine rings is 1. The Bertz CT molecular complexity index is 596. The summed E-state index contributed by atoms with van der Waals surface area (Å²) in [6.07, 6.45) is 10.1. The molecule has 0 bridgehead atoms. The van der Waals surface area contributed by atoms with E-state index in [1.165, 1.54) is 49.2 Å². The molecule has 4 heteroatoms. The number of rotatable bonds is 6. The molecule has 1 aliphatic heterocycles. The van der Waals surface area contributed by atoms with Gasteiger partial charge in [-0.1, -0.05) is 13.3 Å². The van der Waals surface area contributed by atoms with Gasteiger partial charge in [0.2, 0.25) is 0 Å². The Balaban J connectivity index is 2.24. The Morgan fingerprint density at radius 3 is 2.62 bits per heavy atom. The van der Waals surface area contributed by atoms with E-state index in [1.54, 1.807) is 0 Å². The second-order valence-corrected chi connectivity index (χ2v) is 6.62. The molecule has 0 unspecified atom stereocenters. The van der Waals surface area contributed by atoms with E-state index in [2.05, 4.69) is 59.6 Å². The highest BCUT2D eigenvalue weighted by molar-refractivity contribution is 5.77. The topological polar surface area (TPSA) is 40.2 Å². The second-order valence-electron chi connectivity index (χ2n) is 6.62. The maximum Gasteiger partial charge on any atom is 0.0530 e. The Labute approximate surface area is 147 Å². The van der Waals surface area contributed by atoms with Crippen LogP contribution >= 0.6 is 0 Å². The van der Waals surface area contributed by atoms with Crippen molar-refractivity contribution in [1.82, 2.24) is 15.2 Å². The van der Waals surface area contributed by atoms with Crippen LogP contribution in [0, 0.1) is 12.8 Å². The maximum absolute atomic E-state index is 4.52. The molecule has 2 heterocycles. The van der Waals surface area contributed by atoms with Crippen LogP contribution in [0.25, 0.3) is 5.57 Å². The molecule has 2 rings (SSSR count). The largest absolute Gasteiger partial charge is 0.393 e. The highest BCUT2D eigenvalue weighted by Crippen LogP contribution is 2.26. The van der Waals surface area contributed by atoms with Crippen LogP contribution in [0.3, 0.4) is 0 Å². The fourth-order valence-electron chi connectivity index (χ4n) is 3.32. The van der Waals surface area contributed by atoms with Crippen molar-refractivity contribution < 1.29 is 0 Å². The molecule has 1 saturated heterocycles. The first-order valence-electron chi connectivity index (χ1n) is 9.04. The van der Waals surface area contributed by atoms with Crippen molar-refractivity contribution in [2.45, 2.75) is 40.0 Å². The summed E-state index contributed by atoms with van der Waals surface area (Å²) in [4.78, 5) is 7.03. The van der Waals surface area contributed by atoms with E-state index in [-0.39, 0.29) is 0 Å². The van der Waals surface area contributed by atoms with Gasteiger partial charge in [0, 0.05) is 55.9 Å². The Kier molecular flexibility index (Phi) is 6.71. The molecule has 0 amide bonds. The van der Waals surface area contributed by atoms with E-state index in [4.69, 9.17) is 0 Å². The van der Waals surface area contributed by atoms with Crippen LogP contribution in [-0.2, 0) is 0 Å². The minimum atomic E-state index is 0.903. The summed E-state index contributed by atoms with van der Waals surface area (Å²) in [5, 5.41) is 6.36. The summed E-state index contributed by atoms with van der Waals surface area (Å²) in [6, 6.07) is 2.17. The SMILES string of the molecule is CCC1CCN(/C(C)=C/C(=C\NC)c2cc(NC)cnc2C)CC1. The number of anilines is 1. The fourth-order valence-corrected chi connectivity index (χ4v) is 3.32. The normalized spacial score (nSPS) is 17.1. The van der Waals surface area contributed by atoms with Gasteiger partial charge < -0.3 is 15.5 Å². The van der Waals surface area contributed by atoms with Crippen molar-refractivity contribution in [3.63, 3.8) is 0 Å². The van der Waals surface area contributed by atoms with Crippen LogP contribution in [0.4, 0.5) is 5.69 Å². The lowest BCUT2D eigenvalue weighted by Crippen LogP contribution is -2.32. The van der Waals surface area contributed by atoms with Gasteiger partial charge in [0.25, 0.3) is 0 Å². The first-order chi connectivity index (χ1) is 11.6. The predicted octanol–water partition coefficient (Wildman–Crippen LogP) is 4.02. The monoisotopic (exact) mass is 328 g/mol. The smallest absolute Gasteiger partial charge is 0.0530 e. The van der Waals surface area contributed by atoms with Crippen LogP contribution in [0.15, 0.2) is 30.2 Å². The average molecular weight is 329 g/mol. The van der Waals surface area contributed by atoms with Crippen molar-refractivity contribution in [2.75, 3.05) is 32.5 Å². The van der Waals surface area contributed by atoms with Gasteiger partial charge in [-0.25, -0.2) is 0 Å². The summed E-state index contributed by atoms with van der Waals surface area (Å²) in [7, 11) is 3.87. The van der Waals surface area contributed by atoms with E-state index >= 15 is 0 Å². The van der Waals surface area contributed by atoms with Gasteiger partial charge >= 0.3 is 0 Å². The summed E-state index contributed by atoms with van der Waals surface area (Å²) < 4.78 is 0. The number of allylic oxidation sites excluding steroid dienone is 3. The van der Waals surface area contributed by atoms with Crippen LogP contribution in [-0.4, -0.2) is 37.1 Å². The molecule has 0 radical (unpaired) electrons. The lowest BCUT2D eigenvalue weighted by Gasteiger charge is -2.34. The molecule has 1 aromatic rings. The van der Waals surface area contributed by atoms with Gasteiger partial charge in [0.1, 0.15) is 0 Å². The first kappa shape index (κ1) is 18.4. The van der Waals surface area contributed by atoms with Gasteiger partial charge in [-0.2, -0.15) is 0 Å². The molecule has 0 atom stereocenters. The Hall–Kier alpha value is -1.97. The van der Waals surface area contributed by atoms with E-state index in [0.29, 0.717) is 0 Å². The zero-order valence-corrected chi connectivity index (χ0v) is 15.8. The number of hydrogen-bond donors (Lipinski definition) is 2. The fraction of sp³-hybridized carbons (Fsp3) is 0.550. The van der Waals surface area contributed by atoms with Crippen molar-refractivity contribution >= 4 is 11.3 Å². The van der Waals surface area contributed by atoms with Crippen molar-refractivity contribution in [3.05, 3.63) is 41.5 Å². The number of aryl methyl sites for hydroxylation is 1. The third kappa shape index (κ3) is 4.53. The Morgan fingerprint density at radius 2 is 2.04 bits per heavy atom. The maximum atomic E-state index is 4.52. The van der Waals surface area contributed by atoms with Crippen LogP contribution in [0.5, 0.6) is 0 Å². The van der Waals surface area contributed by atoms with E-state index in [9.17, 15) is 0 Å². The zero-order valence-electron chi connectivity index (χ0n) is 15.8. The molecule has 1 aliphatic rings. The number of nitrogens with one attached hydrogen (secondary N) is 2. The molecule has 1 aromatic heterocycles. The highest BCUT2D eigenvalue weighted by Gasteiger charge is 2.18. The summed E-state index contributed by atoms with van der Waals surface area (Å²) in [6.45, 7) is 8.93. The van der Waals surface area contributed by atoms with Crippen molar-refractivity contribution in [3.8, 4) is 0 Å². The number of aromatic nitrogens is 1. The number of hydrogen-bond acceptors (Lipinski definition) is 4.